The summed E-state index contributed by atoms with van der Waals surface area (Å²) in [6.45, 7) is 1.88. The van der Waals surface area contributed by atoms with Gasteiger partial charge in [-0.15, -0.1) is 0 Å². The predicted molar refractivity (Wildman–Crippen MR) is 90.5 cm³/mol. The Morgan fingerprint density at radius 1 is 1.13 bits per heavy atom. The standard InChI is InChI=1S/C18H18N2O3/c1-11-16(10-21)20-14(5-4-6-15(20)18(11)23-3)12-7-8-13(19)17(9-12)22-2/h4-10H,19H2,1-3H3. The fourth-order valence-electron chi connectivity index (χ4n) is 2.92. The highest BCUT2D eigenvalue weighted by Gasteiger charge is 2.18. The van der Waals surface area contributed by atoms with Gasteiger partial charge in [0, 0.05) is 11.1 Å². The van der Waals surface area contributed by atoms with Crippen LogP contribution in [0.15, 0.2) is 36.4 Å². The van der Waals surface area contributed by atoms with Crippen LogP contribution in [0.1, 0.15) is 16.1 Å². The Morgan fingerprint density at radius 3 is 2.57 bits per heavy atom. The molecule has 0 atom stereocenters. The zero-order valence-electron chi connectivity index (χ0n) is 13.3. The Labute approximate surface area is 134 Å². The van der Waals surface area contributed by atoms with E-state index in [1.165, 1.54) is 0 Å². The highest BCUT2D eigenvalue weighted by molar-refractivity contribution is 5.86. The maximum Gasteiger partial charge on any atom is 0.167 e. The van der Waals surface area contributed by atoms with Crippen LogP contribution in [-0.2, 0) is 0 Å². The molecule has 0 bridgehead atoms. The molecule has 23 heavy (non-hydrogen) atoms. The first-order valence-electron chi connectivity index (χ1n) is 7.19. The van der Waals surface area contributed by atoms with E-state index in [-0.39, 0.29) is 0 Å². The van der Waals surface area contributed by atoms with Crippen LogP contribution in [-0.4, -0.2) is 24.9 Å². The highest BCUT2D eigenvalue weighted by atomic mass is 16.5. The minimum absolute atomic E-state index is 0.570. The van der Waals surface area contributed by atoms with Gasteiger partial charge >= 0.3 is 0 Å². The third kappa shape index (κ3) is 2.21. The zero-order chi connectivity index (χ0) is 16.6. The van der Waals surface area contributed by atoms with Crippen LogP contribution >= 0.6 is 0 Å². The summed E-state index contributed by atoms with van der Waals surface area (Å²) in [6.07, 6.45) is 0.850. The quantitative estimate of drug-likeness (QED) is 0.593. The molecule has 0 saturated carbocycles. The Balaban J connectivity index is 2.37. The van der Waals surface area contributed by atoms with E-state index < -0.39 is 0 Å². The Kier molecular flexibility index (Phi) is 3.70. The lowest BCUT2D eigenvalue weighted by Gasteiger charge is -2.11. The Hall–Kier alpha value is -2.95. The van der Waals surface area contributed by atoms with Crippen molar-refractivity contribution in [1.29, 1.82) is 0 Å². The maximum absolute atomic E-state index is 11.6. The second-order valence-electron chi connectivity index (χ2n) is 5.25. The number of anilines is 1. The second-order valence-corrected chi connectivity index (χ2v) is 5.25. The average Bonchev–Trinajstić information content (AvgIpc) is 2.85. The number of ether oxygens (including phenoxy) is 2. The minimum atomic E-state index is 0.570. The number of carbonyl (C=O) groups is 1. The Bertz CT molecular complexity index is 897. The van der Waals surface area contributed by atoms with E-state index in [1.54, 1.807) is 20.3 Å². The van der Waals surface area contributed by atoms with E-state index in [0.29, 0.717) is 22.9 Å². The molecule has 5 nitrogen and oxygen atoms in total. The predicted octanol–water partition coefficient (Wildman–Crippen LogP) is 3.33. The van der Waals surface area contributed by atoms with Crippen LogP contribution in [0.25, 0.3) is 16.8 Å². The van der Waals surface area contributed by atoms with Crippen molar-refractivity contribution in [3.63, 3.8) is 0 Å². The Morgan fingerprint density at radius 2 is 1.91 bits per heavy atom. The normalized spacial score (nSPS) is 10.7. The summed E-state index contributed by atoms with van der Waals surface area (Å²) in [7, 11) is 3.19. The van der Waals surface area contributed by atoms with Crippen LogP contribution in [0, 0.1) is 6.92 Å². The second kappa shape index (κ2) is 5.68. The van der Waals surface area contributed by atoms with E-state index in [2.05, 4.69) is 0 Å². The van der Waals surface area contributed by atoms with Crippen molar-refractivity contribution in [1.82, 2.24) is 4.40 Å². The number of methoxy groups -OCH3 is 2. The number of rotatable bonds is 4. The number of fused-ring (bicyclic) bond motifs is 1. The van der Waals surface area contributed by atoms with Crippen molar-refractivity contribution in [2.45, 2.75) is 6.92 Å². The lowest BCUT2D eigenvalue weighted by Crippen LogP contribution is -1.98. The van der Waals surface area contributed by atoms with Crippen molar-refractivity contribution >= 4 is 17.5 Å². The van der Waals surface area contributed by atoms with E-state index in [9.17, 15) is 4.79 Å². The fourth-order valence-corrected chi connectivity index (χ4v) is 2.92. The molecule has 0 amide bonds. The van der Waals surface area contributed by atoms with E-state index in [1.807, 2.05) is 41.7 Å². The largest absolute Gasteiger partial charge is 0.495 e. The molecule has 0 saturated heterocycles. The van der Waals surface area contributed by atoms with Crippen LogP contribution in [0.3, 0.4) is 0 Å². The SMILES string of the molecule is COc1cc(-c2cccc3c(OC)c(C)c(C=O)n23)ccc1N. The third-order valence-electron chi connectivity index (χ3n) is 4.03. The average molecular weight is 310 g/mol. The summed E-state index contributed by atoms with van der Waals surface area (Å²) < 4.78 is 12.7. The molecule has 0 aliphatic carbocycles. The number of hydrogen-bond donors (Lipinski definition) is 1. The number of pyridine rings is 1. The summed E-state index contributed by atoms with van der Waals surface area (Å²) in [5, 5.41) is 0. The number of carbonyl (C=O) groups excluding carboxylic acids is 1. The van der Waals surface area contributed by atoms with Gasteiger partial charge in [0.2, 0.25) is 0 Å². The number of benzene rings is 1. The molecule has 0 fully saturated rings. The molecule has 3 rings (SSSR count). The van der Waals surface area contributed by atoms with Crippen LogP contribution in [0.2, 0.25) is 0 Å². The van der Waals surface area contributed by atoms with Crippen molar-refractivity contribution < 1.29 is 14.3 Å². The number of aromatic nitrogens is 1. The summed E-state index contributed by atoms with van der Waals surface area (Å²) in [5.41, 5.74) is 10.5. The molecule has 5 heteroatoms. The first-order valence-corrected chi connectivity index (χ1v) is 7.19. The van der Waals surface area contributed by atoms with Gasteiger partial charge in [0.05, 0.1) is 36.8 Å². The van der Waals surface area contributed by atoms with Gasteiger partial charge in [-0.25, -0.2) is 0 Å². The first-order chi connectivity index (χ1) is 11.1. The van der Waals surface area contributed by atoms with Crippen LogP contribution in [0.5, 0.6) is 11.5 Å². The zero-order valence-corrected chi connectivity index (χ0v) is 13.3. The smallest absolute Gasteiger partial charge is 0.167 e. The van der Waals surface area contributed by atoms with Gasteiger partial charge in [-0.05, 0) is 31.2 Å². The molecule has 0 radical (unpaired) electrons. The molecular formula is C18H18N2O3. The van der Waals surface area contributed by atoms with Crippen molar-refractivity contribution in [3.05, 3.63) is 47.7 Å². The number of nitrogens with two attached hydrogens (primary N) is 1. The molecular weight excluding hydrogens is 292 g/mol. The molecule has 2 aromatic heterocycles. The monoisotopic (exact) mass is 310 g/mol. The number of aldehydes is 1. The lowest BCUT2D eigenvalue weighted by molar-refractivity contribution is 0.111. The van der Waals surface area contributed by atoms with Gasteiger partial charge in [0.25, 0.3) is 0 Å². The van der Waals surface area contributed by atoms with Crippen LogP contribution in [0.4, 0.5) is 5.69 Å². The maximum atomic E-state index is 11.6. The topological polar surface area (TPSA) is 66.0 Å². The van der Waals surface area contributed by atoms with Gasteiger partial charge < -0.3 is 19.6 Å². The van der Waals surface area contributed by atoms with Crippen molar-refractivity contribution in [3.8, 4) is 22.8 Å². The van der Waals surface area contributed by atoms with Gasteiger partial charge in [0.1, 0.15) is 11.5 Å². The molecule has 1 aromatic carbocycles. The summed E-state index contributed by atoms with van der Waals surface area (Å²) in [6, 6.07) is 11.4. The van der Waals surface area contributed by atoms with Crippen LogP contribution < -0.4 is 15.2 Å². The van der Waals surface area contributed by atoms with E-state index >= 15 is 0 Å². The first kappa shape index (κ1) is 15.0. The van der Waals surface area contributed by atoms with E-state index in [0.717, 1.165) is 28.6 Å². The molecule has 2 heterocycles. The molecule has 0 spiro atoms. The van der Waals surface area contributed by atoms with Crippen molar-refractivity contribution in [2.75, 3.05) is 20.0 Å². The number of nitrogens with zero attached hydrogens (tertiary/aromatic N) is 1. The van der Waals surface area contributed by atoms with Gasteiger partial charge in [-0.2, -0.15) is 0 Å². The highest BCUT2D eigenvalue weighted by Crippen LogP contribution is 2.35. The molecule has 0 aliphatic rings. The lowest BCUT2D eigenvalue weighted by atomic mass is 10.1. The minimum Gasteiger partial charge on any atom is -0.495 e. The number of nitrogen functional groups attached to an aromatic ring is 1. The molecule has 118 valence electrons. The third-order valence-corrected chi connectivity index (χ3v) is 4.03. The summed E-state index contributed by atoms with van der Waals surface area (Å²) in [4.78, 5) is 11.6. The van der Waals surface area contributed by atoms with E-state index in [4.69, 9.17) is 15.2 Å². The molecule has 2 N–H and O–H groups in total. The molecule has 0 aliphatic heterocycles. The van der Waals surface area contributed by atoms with Gasteiger partial charge in [0.15, 0.2) is 6.29 Å². The van der Waals surface area contributed by atoms with Crippen molar-refractivity contribution in [2.24, 2.45) is 0 Å². The van der Waals surface area contributed by atoms with Gasteiger partial charge in [-0.3, -0.25) is 4.79 Å². The fraction of sp³-hybridized carbons (Fsp3) is 0.167. The number of hydrogen-bond acceptors (Lipinski definition) is 4. The summed E-state index contributed by atoms with van der Waals surface area (Å²) in [5.74, 6) is 1.30. The molecule has 0 unspecified atom stereocenters. The van der Waals surface area contributed by atoms with Gasteiger partial charge in [-0.1, -0.05) is 12.1 Å². The summed E-state index contributed by atoms with van der Waals surface area (Å²) >= 11 is 0. The molecule has 3 aromatic rings.